The van der Waals surface area contributed by atoms with E-state index in [9.17, 15) is 9.59 Å². The summed E-state index contributed by atoms with van der Waals surface area (Å²) in [5.41, 5.74) is 0.523. The fraction of sp³-hybridized carbons (Fsp3) is 0.259. The number of esters is 1. The van der Waals surface area contributed by atoms with Gasteiger partial charge in [0.05, 0.1) is 19.8 Å². The highest BCUT2D eigenvalue weighted by molar-refractivity contribution is 6.06. The van der Waals surface area contributed by atoms with Crippen molar-refractivity contribution in [2.75, 3.05) is 14.2 Å². The molecule has 0 radical (unpaired) electrons. The van der Waals surface area contributed by atoms with Crippen molar-refractivity contribution in [1.82, 2.24) is 0 Å². The molecule has 0 spiro atoms. The van der Waals surface area contributed by atoms with Gasteiger partial charge in [0, 0.05) is 17.6 Å². The Labute approximate surface area is 193 Å². The monoisotopic (exact) mass is 446 g/mol. The normalized spacial score (nSPS) is 23.5. The maximum Gasteiger partial charge on any atom is 0.339 e. The smallest absolute Gasteiger partial charge is 0.339 e. The third-order valence-electron chi connectivity index (χ3n) is 6.11. The Morgan fingerprint density at radius 3 is 2.52 bits per heavy atom. The summed E-state index contributed by atoms with van der Waals surface area (Å²) in [7, 11) is 3.14. The molecule has 0 aromatic heterocycles. The number of benzene rings is 2. The molecule has 1 aliphatic carbocycles. The molecule has 1 saturated heterocycles. The Hall–Kier alpha value is -3.80. The number of hydrogen-bond donors (Lipinski definition) is 0. The van der Waals surface area contributed by atoms with Crippen LogP contribution in [0, 0.1) is 5.92 Å². The van der Waals surface area contributed by atoms with Crippen LogP contribution in [0.1, 0.15) is 35.4 Å². The van der Waals surface area contributed by atoms with Gasteiger partial charge in [-0.3, -0.25) is 4.79 Å². The van der Waals surface area contributed by atoms with Crippen LogP contribution in [0.4, 0.5) is 0 Å². The molecule has 2 aliphatic rings. The van der Waals surface area contributed by atoms with Gasteiger partial charge < -0.3 is 18.9 Å². The van der Waals surface area contributed by atoms with Crippen LogP contribution >= 0.6 is 0 Å². The van der Waals surface area contributed by atoms with E-state index in [1.807, 2.05) is 25.1 Å². The average molecular weight is 446 g/mol. The van der Waals surface area contributed by atoms with Crippen molar-refractivity contribution < 1.29 is 28.5 Å². The Balaban J connectivity index is 1.78. The van der Waals surface area contributed by atoms with Crippen LogP contribution in [0.25, 0.3) is 0 Å². The van der Waals surface area contributed by atoms with Crippen LogP contribution < -0.4 is 9.47 Å². The maximum absolute atomic E-state index is 13.1. The second-order valence-corrected chi connectivity index (χ2v) is 8.03. The van der Waals surface area contributed by atoms with Crippen molar-refractivity contribution in [2.45, 2.75) is 25.0 Å². The highest BCUT2D eigenvalue weighted by Crippen LogP contribution is 2.53. The first-order chi connectivity index (χ1) is 15.9. The lowest BCUT2D eigenvalue weighted by Gasteiger charge is -2.32. The van der Waals surface area contributed by atoms with E-state index < -0.39 is 17.7 Å². The van der Waals surface area contributed by atoms with Crippen LogP contribution in [-0.2, 0) is 14.3 Å². The van der Waals surface area contributed by atoms with Gasteiger partial charge in [0.25, 0.3) is 0 Å². The summed E-state index contributed by atoms with van der Waals surface area (Å²) in [6.45, 7) is 5.69. The summed E-state index contributed by atoms with van der Waals surface area (Å²) in [6.07, 6.45) is 4.68. The summed E-state index contributed by atoms with van der Waals surface area (Å²) in [4.78, 5) is 25.8. The van der Waals surface area contributed by atoms with E-state index in [1.54, 1.807) is 56.7 Å². The van der Waals surface area contributed by atoms with E-state index in [1.165, 1.54) is 6.08 Å². The molecule has 3 atom stereocenters. The minimum atomic E-state index is -1.23. The predicted octanol–water partition coefficient (Wildman–Crippen LogP) is 4.98. The maximum atomic E-state index is 13.1. The number of ether oxygens (including phenoxy) is 4. The number of methoxy groups -OCH3 is 2. The second kappa shape index (κ2) is 8.98. The number of fused-ring (bicyclic) bond motifs is 1. The van der Waals surface area contributed by atoms with Gasteiger partial charge in [-0.1, -0.05) is 37.3 Å². The summed E-state index contributed by atoms with van der Waals surface area (Å²) in [5, 5.41) is 0. The molecule has 170 valence electrons. The third kappa shape index (κ3) is 3.93. The Bertz CT molecular complexity index is 1150. The van der Waals surface area contributed by atoms with Crippen molar-refractivity contribution in [3.63, 3.8) is 0 Å². The van der Waals surface area contributed by atoms with Crippen molar-refractivity contribution in [3.05, 3.63) is 95.8 Å². The number of carbonyl (C=O) groups excluding carboxylic acids is 2. The largest absolute Gasteiger partial charge is 0.493 e. The van der Waals surface area contributed by atoms with Crippen LogP contribution in [0.15, 0.2) is 84.7 Å². The lowest BCUT2D eigenvalue weighted by molar-refractivity contribution is -0.112. The molecule has 0 amide bonds. The highest BCUT2D eigenvalue weighted by atomic mass is 16.6. The summed E-state index contributed by atoms with van der Waals surface area (Å²) in [6, 6.07) is 14.3. The second-order valence-electron chi connectivity index (χ2n) is 8.03. The van der Waals surface area contributed by atoms with E-state index >= 15 is 0 Å². The molecular weight excluding hydrogens is 420 g/mol. The molecule has 1 fully saturated rings. The lowest BCUT2D eigenvalue weighted by atomic mass is 9.78. The molecule has 2 aromatic carbocycles. The van der Waals surface area contributed by atoms with E-state index in [-0.39, 0.29) is 11.7 Å². The highest BCUT2D eigenvalue weighted by Gasteiger charge is 2.56. The summed E-state index contributed by atoms with van der Waals surface area (Å²) in [5.74, 6) is 0.463. The van der Waals surface area contributed by atoms with E-state index in [0.29, 0.717) is 34.8 Å². The lowest BCUT2D eigenvalue weighted by Crippen LogP contribution is -2.41. The predicted molar refractivity (Wildman–Crippen MR) is 123 cm³/mol. The fourth-order valence-corrected chi connectivity index (χ4v) is 4.33. The van der Waals surface area contributed by atoms with Crippen LogP contribution in [-0.4, -0.2) is 31.6 Å². The van der Waals surface area contributed by atoms with Crippen molar-refractivity contribution in [2.24, 2.45) is 5.92 Å². The molecule has 33 heavy (non-hydrogen) atoms. The van der Waals surface area contributed by atoms with Gasteiger partial charge in [0.1, 0.15) is 11.9 Å². The Morgan fingerprint density at radius 1 is 1.12 bits per heavy atom. The zero-order valence-corrected chi connectivity index (χ0v) is 18.9. The standard InChI is InChI=1S/C27H26O6/c1-5-9-20-16-27(33-26(29)18-10-7-6-8-11-18)17(2)25(32-24(27)15-21(20)28)19-12-13-22(30-3)23(14-19)31-4/h5-8,10-17,25H,1,9H2,2-4H3/t17-,25+,27?/m1/s1. The van der Waals surface area contributed by atoms with E-state index in [0.717, 1.165) is 5.56 Å². The number of ketones is 1. The average Bonchev–Trinajstić information content (AvgIpc) is 3.10. The quantitative estimate of drug-likeness (QED) is 0.442. The molecule has 1 heterocycles. The Kier molecular flexibility index (Phi) is 6.09. The number of rotatable bonds is 7. The molecule has 0 saturated carbocycles. The number of allylic oxidation sites excluding steroid dienone is 3. The van der Waals surface area contributed by atoms with Gasteiger partial charge in [-0.25, -0.2) is 4.79 Å². The molecule has 6 heteroatoms. The summed E-state index contributed by atoms with van der Waals surface area (Å²) >= 11 is 0. The zero-order chi connectivity index (χ0) is 23.6. The molecular formula is C27H26O6. The Morgan fingerprint density at radius 2 is 1.85 bits per heavy atom. The van der Waals surface area contributed by atoms with Crippen molar-refractivity contribution >= 4 is 11.8 Å². The zero-order valence-electron chi connectivity index (χ0n) is 18.9. The molecule has 0 N–H and O–H groups in total. The van der Waals surface area contributed by atoms with Crippen molar-refractivity contribution in [3.8, 4) is 11.5 Å². The van der Waals surface area contributed by atoms with Gasteiger partial charge in [-0.2, -0.15) is 0 Å². The van der Waals surface area contributed by atoms with Gasteiger partial charge in [-0.05, 0) is 42.3 Å². The van der Waals surface area contributed by atoms with Gasteiger partial charge in [-0.15, -0.1) is 6.58 Å². The van der Waals surface area contributed by atoms with Crippen LogP contribution in [0.2, 0.25) is 0 Å². The minimum Gasteiger partial charge on any atom is -0.493 e. The fourth-order valence-electron chi connectivity index (χ4n) is 4.33. The van der Waals surface area contributed by atoms with Gasteiger partial charge in [0.2, 0.25) is 0 Å². The van der Waals surface area contributed by atoms with E-state index in [4.69, 9.17) is 18.9 Å². The van der Waals surface area contributed by atoms with Crippen LogP contribution in [0.5, 0.6) is 11.5 Å². The molecule has 6 nitrogen and oxygen atoms in total. The number of carbonyl (C=O) groups is 2. The topological polar surface area (TPSA) is 71.1 Å². The minimum absolute atomic E-state index is 0.184. The first-order valence-corrected chi connectivity index (χ1v) is 10.7. The third-order valence-corrected chi connectivity index (χ3v) is 6.11. The molecule has 1 unspecified atom stereocenters. The van der Waals surface area contributed by atoms with Crippen LogP contribution in [0.3, 0.4) is 0 Å². The molecule has 2 aromatic rings. The first kappa shape index (κ1) is 22.4. The number of hydrogen-bond acceptors (Lipinski definition) is 6. The SMILES string of the molecule is C=CCC1=CC2(OC(=O)c3ccccc3)C(=CC1=O)O[C@H](c1ccc(OC)c(OC)c1)[C@H]2C. The van der Waals surface area contributed by atoms with Gasteiger partial charge >= 0.3 is 5.97 Å². The molecule has 4 rings (SSSR count). The van der Waals surface area contributed by atoms with Crippen molar-refractivity contribution in [1.29, 1.82) is 0 Å². The van der Waals surface area contributed by atoms with Gasteiger partial charge in [0.15, 0.2) is 22.9 Å². The van der Waals surface area contributed by atoms with E-state index in [2.05, 4.69) is 6.58 Å². The molecule has 1 aliphatic heterocycles. The first-order valence-electron chi connectivity index (χ1n) is 10.7. The summed E-state index contributed by atoms with van der Waals surface area (Å²) < 4.78 is 23.2. The molecule has 0 bridgehead atoms.